The SMILES string of the molecule is CN(CCc1ccc(NS(C)(=O)=O)cc1)C1CCCCC1. The van der Waals surface area contributed by atoms with E-state index in [1.807, 2.05) is 24.3 Å². The van der Waals surface area contributed by atoms with Crippen LogP contribution in [0.1, 0.15) is 37.7 Å². The molecule has 0 aromatic heterocycles. The van der Waals surface area contributed by atoms with Crippen LogP contribution in [0.5, 0.6) is 0 Å². The van der Waals surface area contributed by atoms with Gasteiger partial charge in [-0.05, 0) is 44.0 Å². The van der Waals surface area contributed by atoms with Gasteiger partial charge in [-0.2, -0.15) is 0 Å². The lowest BCUT2D eigenvalue weighted by molar-refractivity contribution is 0.194. The molecule has 0 amide bonds. The Hall–Kier alpha value is -1.07. The Kier molecular flexibility index (Phi) is 5.65. The van der Waals surface area contributed by atoms with Crippen molar-refractivity contribution < 1.29 is 8.42 Å². The molecule has 0 atom stereocenters. The largest absolute Gasteiger partial charge is 0.303 e. The Morgan fingerprint density at radius 2 is 1.76 bits per heavy atom. The molecular weight excluding hydrogens is 284 g/mol. The van der Waals surface area contributed by atoms with Gasteiger partial charge in [0, 0.05) is 18.3 Å². The first kappa shape index (κ1) is 16.3. The zero-order valence-electron chi connectivity index (χ0n) is 13.0. The van der Waals surface area contributed by atoms with Crippen LogP contribution in [0.4, 0.5) is 5.69 Å². The molecule has 1 saturated carbocycles. The number of hydrogen-bond donors (Lipinski definition) is 1. The van der Waals surface area contributed by atoms with Crippen LogP contribution in [-0.2, 0) is 16.4 Å². The summed E-state index contributed by atoms with van der Waals surface area (Å²) >= 11 is 0. The van der Waals surface area contributed by atoms with Gasteiger partial charge < -0.3 is 4.90 Å². The summed E-state index contributed by atoms with van der Waals surface area (Å²) in [5.74, 6) is 0. The fourth-order valence-electron chi connectivity index (χ4n) is 2.96. The zero-order chi connectivity index (χ0) is 15.3. The third-order valence-corrected chi connectivity index (χ3v) is 4.81. The van der Waals surface area contributed by atoms with Crippen molar-refractivity contribution in [3.8, 4) is 0 Å². The van der Waals surface area contributed by atoms with E-state index in [0.29, 0.717) is 5.69 Å². The molecule has 1 aromatic rings. The maximum atomic E-state index is 11.2. The van der Waals surface area contributed by atoms with Crippen LogP contribution < -0.4 is 4.72 Å². The summed E-state index contributed by atoms with van der Waals surface area (Å²) in [6, 6.07) is 8.41. The molecule has 0 unspecified atom stereocenters. The van der Waals surface area contributed by atoms with Crippen molar-refractivity contribution in [1.29, 1.82) is 0 Å². The summed E-state index contributed by atoms with van der Waals surface area (Å²) in [6.45, 7) is 1.06. The van der Waals surface area contributed by atoms with E-state index in [0.717, 1.165) is 19.0 Å². The number of hydrogen-bond acceptors (Lipinski definition) is 3. The summed E-state index contributed by atoms with van der Waals surface area (Å²) in [6.07, 6.45) is 8.94. The molecule has 1 N–H and O–H groups in total. The molecule has 1 aromatic carbocycles. The van der Waals surface area contributed by atoms with Gasteiger partial charge in [0.05, 0.1) is 6.26 Å². The van der Waals surface area contributed by atoms with E-state index in [9.17, 15) is 8.42 Å². The van der Waals surface area contributed by atoms with Gasteiger partial charge in [0.1, 0.15) is 0 Å². The van der Waals surface area contributed by atoms with Crippen molar-refractivity contribution in [3.63, 3.8) is 0 Å². The smallest absolute Gasteiger partial charge is 0.229 e. The minimum absolute atomic E-state index is 0.627. The number of rotatable bonds is 6. The highest BCUT2D eigenvalue weighted by atomic mass is 32.2. The minimum atomic E-state index is -3.19. The van der Waals surface area contributed by atoms with Crippen LogP contribution >= 0.6 is 0 Å². The molecule has 1 fully saturated rings. The molecule has 0 heterocycles. The molecule has 1 aliphatic carbocycles. The van der Waals surface area contributed by atoms with Crippen molar-refractivity contribution in [2.75, 3.05) is 24.6 Å². The first-order valence-corrected chi connectivity index (χ1v) is 9.60. The molecule has 4 nitrogen and oxygen atoms in total. The standard InChI is InChI=1S/C16H26N2O2S/c1-18(16-6-4-3-5-7-16)13-12-14-8-10-15(11-9-14)17-21(2,19)20/h8-11,16-17H,3-7,12-13H2,1-2H3. The second-order valence-corrected chi connectivity index (χ2v) is 7.84. The van der Waals surface area contributed by atoms with E-state index in [-0.39, 0.29) is 0 Å². The molecule has 2 rings (SSSR count). The van der Waals surface area contributed by atoms with Crippen LogP contribution in [0.2, 0.25) is 0 Å². The van der Waals surface area contributed by atoms with Crippen LogP contribution in [0, 0.1) is 0 Å². The first-order valence-electron chi connectivity index (χ1n) is 7.71. The highest BCUT2D eigenvalue weighted by Crippen LogP contribution is 2.21. The average molecular weight is 310 g/mol. The van der Waals surface area contributed by atoms with Crippen LogP contribution in [0.25, 0.3) is 0 Å². The summed E-state index contributed by atoms with van der Waals surface area (Å²) < 4.78 is 24.8. The van der Waals surface area contributed by atoms with Gasteiger partial charge in [0.2, 0.25) is 10.0 Å². The van der Waals surface area contributed by atoms with Crippen molar-refractivity contribution in [2.45, 2.75) is 44.6 Å². The third-order valence-electron chi connectivity index (χ3n) is 4.21. The van der Waals surface area contributed by atoms with Gasteiger partial charge >= 0.3 is 0 Å². The molecule has 0 saturated heterocycles. The Morgan fingerprint density at radius 3 is 2.33 bits per heavy atom. The quantitative estimate of drug-likeness (QED) is 0.879. The number of nitrogens with one attached hydrogen (secondary N) is 1. The number of anilines is 1. The molecular formula is C16H26N2O2S. The highest BCUT2D eigenvalue weighted by Gasteiger charge is 2.17. The van der Waals surface area contributed by atoms with Crippen molar-refractivity contribution >= 4 is 15.7 Å². The van der Waals surface area contributed by atoms with Gasteiger partial charge in [-0.25, -0.2) is 8.42 Å². The molecule has 0 spiro atoms. The maximum absolute atomic E-state index is 11.2. The Balaban J connectivity index is 1.83. The Labute approximate surface area is 128 Å². The van der Waals surface area contributed by atoms with E-state index < -0.39 is 10.0 Å². The first-order chi connectivity index (χ1) is 9.94. The Bertz CT molecular complexity index is 534. The molecule has 0 aliphatic heterocycles. The van der Waals surface area contributed by atoms with Gasteiger partial charge in [-0.1, -0.05) is 31.4 Å². The summed E-state index contributed by atoms with van der Waals surface area (Å²) in [5.41, 5.74) is 1.87. The van der Waals surface area contributed by atoms with E-state index in [2.05, 4.69) is 16.7 Å². The summed E-state index contributed by atoms with van der Waals surface area (Å²) in [5, 5.41) is 0. The van der Waals surface area contributed by atoms with Gasteiger partial charge in [-0.3, -0.25) is 4.72 Å². The average Bonchev–Trinajstić information content (AvgIpc) is 2.45. The van der Waals surface area contributed by atoms with Gasteiger partial charge in [0.15, 0.2) is 0 Å². The summed E-state index contributed by atoms with van der Waals surface area (Å²) in [4.78, 5) is 2.47. The third kappa shape index (κ3) is 5.67. The second kappa shape index (κ2) is 7.27. The van der Waals surface area contributed by atoms with E-state index >= 15 is 0 Å². The van der Waals surface area contributed by atoms with Crippen LogP contribution in [0.15, 0.2) is 24.3 Å². The zero-order valence-corrected chi connectivity index (χ0v) is 13.8. The van der Waals surface area contributed by atoms with Crippen molar-refractivity contribution in [1.82, 2.24) is 4.90 Å². The van der Waals surface area contributed by atoms with Crippen LogP contribution in [0.3, 0.4) is 0 Å². The predicted octanol–water partition coefficient (Wildman–Crippen LogP) is 2.87. The lowest BCUT2D eigenvalue weighted by Crippen LogP contribution is -2.34. The number of likely N-dealkylation sites (N-methyl/N-ethyl adjacent to an activating group) is 1. The number of sulfonamides is 1. The lowest BCUT2D eigenvalue weighted by Gasteiger charge is -2.31. The van der Waals surface area contributed by atoms with Gasteiger partial charge in [0.25, 0.3) is 0 Å². The molecule has 5 heteroatoms. The van der Waals surface area contributed by atoms with Gasteiger partial charge in [-0.15, -0.1) is 0 Å². The minimum Gasteiger partial charge on any atom is -0.303 e. The van der Waals surface area contributed by atoms with Crippen molar-refractivity contribution in [2.24, 2.45) is 0 Å². The monoisotopic (exact) mass is 310 g/mol. The predicted molar refractivity (Wildman–Crippen MR) is 88.1 cm³/mol. The number of benzene rings is 1. The Morgan fingerprint density at radius 1 is 1.14 bits per heavy atom. The fraction of sp³-hybridized carbons (Fsp3) is 0.625. The molecule has 0 radical (unpaired) electrons. The fourth-order valence-corrected chi connectivity index (χ4v) is 3.53. The molecule has 0 bridgehead atoms. The highest BCUT2D eigenvalue weighted by molar-refractivity contribution is 7.92. The normalized spacial score (nSPS) is 17.1. The maximum Gasteiger partial charge on any atom is 0.229 e. The van der Waals surface area contributed by atoms with Crippen molar-refractivity contribution in [3.05, 3.63) is 29.8 Å². The van der Waals surface area contributed by atoms with E-state index in [1.165, 1.54) is 43.9 Å². The second-order valence-electron chi connectivity index (χ2n) is 6.09. The summed E-state index contributed by atoms with van der Waals surface area (Å²) in [7, 11) is -0.971. The van der Waals surface area contributed by atoms with E-state index in [4.69, 9.17) is 0 Å². The molecule has 1 aliphatic rings. The lowest BCUT2D eigenvalue weighted by atomic mass is 9.94. The van der Waals surface area contributed by atoms with Crippen LogP contribution in [-0.4, -0.2) is 39.2 Å². The topological polar surface area (TPSA) is 49.4 Å². The van der Waals surface area contributed by atoms with E-state index in [1.54, 1.807) is 0 Å². The molecule has 118 valence electrons. The molecule has 21 heavy (non-hydrogen) atoms. The number of nitrogens with zero attached hydrogens (tertiary/aromatic N) is 1.